The maximum Gasteiger partial charge on any atom is 0.163 e. The van der Waals surface area contributed by atoms with Crippen LogP contribution in [-0.2, 0) is 0 Å². The molecule has 0 unspecified atom stereocenters. The van der Waals surface area contributed by atoms with Gasteiger partial charge in [-0.15, -0.1) is 0 Å². The minimum atomic E-state index is 0.976. The largest absolute Gasteiger partial charge is 0.163 e. The van der Waals surface area contributed by atoms with E-state index in [9.17, 15) is 0 Å². The van der Waals surface area contributed by atoms with Crippen LogP contribution in [0.5, 0.6) is 0 Å². The van der Waals surface area contributed by atoms with E-state index in [1.54, 1.807) is 11.7 Å². The van der Waals surface area contributed by atoms with Crippen LogP contribution >= 0.6 is 11.8 Å². The van der Waals surface area contributed by atoms with E-state index in [0.717, 1.165) is 23.7 Å². The van der Waals surface area contributed by atoms with Gasteiger partial charge >= 0.3 is 0 Å². The summed E-state index contributed by atoms with van der Waals surface area (Å²) in [7, 11) is 0. The molecule has 1 radical (unpaired) electrons. The van der Waals surface area contributed by atoms with Crippen molar-refractivity contribution < 1.29 is 0 Å². The lowest BCUT2D eigenvalue weighted by Crippen LogP contribution is -2.42. The highest BCUT2D eigenvalue weighted by atomic mass is 32.2. The van der Waals surface area contributed by atoms with Crippen LogP contribution in [0.15, 0.2) is 0 Å². The van der Waals surface area contributed by atoms with Gasteiger partial charge in [-0.25, -0.2) is 0 Å². The van der Waals surface area contributed by atoms with Crippen LogP contribution in [-0.4, -0.2) is 0 Å². The Kier molecular flexibility index (Phi) is 1.65. The Bertz CT molecular complexity index is 159. The molecule has 12 heavy (non-hydrogen) atoms. The van der Waals surface area contributed by atoms with Crippen LogP contribution in [0.25, 0.3) is 0 Å². The normalized spacial score (nSPS) is 50.2. The molecule has 0 amide bonds. The van der Waals surface area contributed by atoms with E-state index in [2.05, 4.69) is 6.26 Å². The molecule has 0 spiro atoms. The average Bonchev–Trinajstić information content (AvgIpc) is 2.02. The molecule has 4 fully saturated rings. The van der Waals surface area contributed by atoms with E-state index >= 15 is 0 Å². The van der Waals surface area contributed by atoms with Gasteiger partial charge in [0.25, 0.3) is 0 Å². The molecule has 0 aromatic carbocycles. The summed E-state index contributed by atoms with van der Waals surface area (Å²) in [6, 6.07) is 0. The highest BCUT2D eigenvalue weighted by molar-refractivity contribution is 8.03. The van der Waals surface area contributed by atoms with Crippen molar-refractivity contribution in [1.82, 2.24) is 0 Å². The van der Waals surface area contributed by atoms with E-state index in [1.807, 2.05) is 11.8 Å². The van der Waals surface area contributed by atoms with Crippen molar-refractivity contribution in [2.45, 2.75) is 32.1 Å². The summed E-state index contributed by atoms with van der Waals surface area (Å²) in [6.45, 7) is 0. The van der Waals surface area contributed by atoms with Gasteiger partial charge in [-0.05, 0) is 43.9 Å². The molecule has 0 N–H and O–H groups in total. The molecule has 4 aliphatic rings. The van der Waals surface area contributed by atoms with E-state index < -0.39 is 0 Å². The summed E-state index contributed by atoms with van der Waals surface area (Å²) in [5, 5.41) is 1.77. The van der Waals surface area contributed by atoms with Crippen molar-refractivity contribution >= 4 is 11.8 Å². The third kappa shape index (κ3) is 0.951. The molecule has 0 aliphatic heterocycles. The van der Waals surface area contributed by atoms with Crippen LogP contribution < -0.4 is 0 Å². The molecule has 1 heteroatoms. The molecule has 0 atom stereocenters. The fourth-order valence-corrected chi connectivity index (χ4v) is 4.74. The van der Waals surface area contributed by atoms with E-state index in [0.29, 0.717) is 0 Å². The van der Waals surface area contributed by atoms with Gasteiger partial charge in [0, 0.05) is 0 Å². The Morgan fingerprint density at radius 3 is 1.83 bits per heavy atom. The molecule has 65 valence electrons. The van der Waals surface area contributed by atoms with Crippen LogP contribution in [0.1, 0.15) is 32.1 Å². The topological polar surface area (TPSA) is 0 Å². The number of thioether (sulfide) groups is 1. The standard InChI is InChI=1S/C11H16S/c1-12-11-9-3-7-2-8(5-9)6-10(11)4-7/h7-10H,1-6H2/q+1. The van der Waals surface area contributed by atoms with E-state index in [1.165, 1.54) is 25.7 Å². The Labute approximate surface area is 79.5 Å². The maximum atomic E-state index is 4.01. The van der Waals surface area contributed by atoms with E-state index in [-0.39, 0.29) is 0 Å². The molecular weight excluding hydrogens is 164 g/mol. The quantitative estimate of drug-likeness (QED) is 0.557. The van der Waals surface area contributed by atoms with Gasteiger partial charge in [-0.3, -0.25) is 0 Å². The predicted molar refractivity (Wildman–Crippen MR) is 53.2 cm³/mol. The third-order valence-corrected chi connectivity index (χ3v) is 5.11. The van der Waals surface area contributed by atoms with Gasteiger partial charge in [-0.1, -0.05) is 0 Å². The van der Waals surface area contributed by atoms with Crippen LogP contribution in [0, 0.1) is 35.2 Å². The van der Waals surface area contributed by atoms with Gasteiger partial charge in [0.1, 0.15) is 11.8 Å². The lowest BCUT2D eigenvalue weighted by Gasteiger charge is -2.46. The summed E-state index contributed by atoms with van der Waals surface area (Å²) in [5.74, 6) is 4.15. The minimum absolute atomic E-state index is 0.976. The van der Waals surface area contributed by atoms with Gasteiger partial charge in [-0.2, -0.15) is 0 Å². The Hall–Kier alpha value is 0.220. The first-order chi connectivity index (χ1) is 5.86. The summed E-state index contributed by atoms with van der Waals surface area (Å²) >= 11 is 1.83. The zero-order valence-corrected chi connectivity index (χ0v) is 8.28. The summed E-state index contributed by atoms with van der Waals surface area (Å²) in [4.78, 5) is 0. The Morgan fingerprint density at radius 2 is 1.42 bits per heavy atom. The van der Waals surface area contributed by atoms with Gasteiger partial charge in [0.05, 0.1) is 18.0 Å². The third-order valence-electron chi connectivity index (χ3n) is 4.11. The summed E-state index contributed by atoms with van der Waals surface area (Å²) < 4.78 is 0. The minimum Gasteiger partial charge on any atom is -0.0469 e. The second kappa shape index (κ2) is 2.60. The van der Waals surface area contributed by atoms with Gasteiger partial charge < -0.3 is 0 Å². The molecule has 0 aromatic heterocycles. The summed E-state index contributed by atoms with van der Waals surface area (Å²) in [6.07, 6.45) is 11.6. The first kappa shape index (κ1) is 7.61. The van der Waals surface area contributed by atoms with Gasteiger partial charge in [0.15, 0.2) is 5.25 Å². The molecule has 0 saturated heterocycles. The maximum absolute atomic E-state index is 4.01. The lowest BCUT2D eigenvalue weighted by atomic mass is 9.56. The number of hydrogen-bond donors (Lipinski definition) is 0. The molecule has 4 aliphatic carbocycles. The van der Waals surface area contributed by atoms with Crippen molar-refractivity contribution in [3.05, 3.63) is 11.5 Å². The lowest BCUT2D eigenvalue weighted by molar-refractivity contribution is 0.0584. The molecule has 4 saturated carbocycles. The highest BCUT2D eigenvalue weighted by Gasteiger charge is 2.55. The second-order valence-electron chi connectivity index (χ2n) is 4.85. The predicted octanol–water partition coefficient (Wildman–Crippen LogP) is 3.50. The number of rotatable bonds is 1. The van der Waals surface area contributed by atoms with Crippen molar-refractivity contribution in [3.8, 4) is 0 Å². The molecule has 4 bridgehead atoms. The monoisotopic (exact) mass is 180 g/mol. The smallest absolute Gasteiger partial charge is 0.0469 e. The second-order valence-corrected chi connectivity index (χ2v) is 5.61. The molecule has 0 nitrogen and oxygen atoms in total. The van der Waals surface area contributed by atoms with Crippen LogP contribution in [0.3, 0.4) is 0 Å². The Balaban J connectivity index is 1.86. The zero-order chi connectivity index (χ0) is 8.13. The molecule has 0 aromatic rings. The average molecular weight is 180 g/mol. The van der Waals surface area contributed by atoms with E-state index in [4.69, 9.17) is 0 Å². The van der Waals surface area contributed by atoms with Crippen LogP contribution in [0.4, 0.5) is 0 Å². The fourth-order valence-electron chi connectivity index (χ4n) is 3.88. The van der Waals surface area contributed by atoms with Crippen molar-refractivity contribution in [2.75, 3.05) is 0 Å². The summed E-state index contributed by atoms with van der Waals surface area (Å²) in [5.41, 5.74) is 0. The van der Waals surface area contributed by atoms with Crippen molar-refractivity contribution in [2.24, 2.45) is 23.7 Å². The van der Waals surface area contributed by atoms with Crippen molar-refractivity contribution in [1.29, 1.82) is 0 Å². The SMILES string of the molecule is [CH2]S[C+]1C2CC3CC(C2)CC1C3. The molecule has 0 heterocycles. The highest BCUT2D eigenvalue weighted by Crippen LogP contribution is 2.60. The molecule has 4 rings (SSSR count). The fraction of sp³-hybridized carbons (Fsp3) is 0.818. The first-order valence-electron chi connectivity index (χ1n) is 5.15. The van der Waals surface area contributed by atoms with Crippen LogP contribution in [0.2, 0.25) is 0 Å². The Morgan fingerprint density at radius 1 is 0.917 bits per heavy atom. The number of hydrogen-bond acceptors (Lipinski definition) is 1. The van der Waals surface area contributed by atoms with Gasteiger partial charge in [0.2, 0.25) is 0 Å². The van der Waals surface area contributed by atoms with Crippen molar-refractivity contribution in [3.63, 3.8) is 0 Å². The first-order valence-corrected chi connectivity index (χ1v) is 6.14. The zero-order valence-electron chi connectivity index (χ0n) is 7.46. The molecular formula is C11H16S+.